The number of hydrogen-bond acceptors (Lipinski definition) is 5. The summed E-state index contributed by atoms with van der Waals surface area (Å²) in [5.74, 6) is 0.541. The molecule has 0 spiro atoms. The molecule has 1 saturated heterocycles. The van der Waals surface area contributed by atoms with E-state index in [1.165, 1.54) is 0 Å². The fraction of sp³-hybridized carbons (Fsp3) is 0.367. The molecule has 184 valence electrons. The second-order valence-electron chi connectivity index (χ2n) is 8.69. The summed E-state index contributed by atoms with van der Waals surface area (Å²) in [7, 11) is 0. The van der Waals surface area contributed by atoms with Crippen LogP contribution in [0.2, 0.25) is 0 Å². The third kappa shape index (κ3) is 8.03. The minimum atomic E-state index is -0.266. The van der Waals surface area contributed by atoms with Crippen LogP contribution in [0.1, 0.15) is 53.1 Å². The van der Waals surface area contributed by atoms with E-state index < -0.39 is 0 Å². The van der Waals surface area contributed by atoms with Crippen molar-refractivity contribution in [1.29, 1.82) is 0 Å². The van der Waals surface area contributed by atoms with Crippen LogP contribution in [0.25, 0.3) is 0 Å². The van der Waals surface area contributed by atoms with Gasteiger partial charge < -0.3 is 18.9 Å². The van der Waals surface area contributed by atoms with Crippen molar-refractivity contribution >= 4 is 5.78 Å². The molecule has 1 heterocycles. The van der Waals surface area contributed by atoms with Crippen molar-refractivity contribution in [3.05, 3.63) is 102 Å². The minimum Gasteiger partial charge on any atom is -0.491 e. The lowest BCUT2D eigenvalue weighted by molar-refractivity contribution is -0.162. The summed E-state index contributed by atoms with van der Waals surface area (Å²) in [5, 5.41) is 0. The maximum absolute atomic E-state index is 13.4. The summed E-state index contributed by atoms with van der Waals surface area (Å²) < 4.78 is 23.0. The van der Waals surface area contributed by atoms with Gasteiger partial charge in [0, 0.05) is 18.1 Å². The van der Waals surface area contributed by atoms with Crippen molar-refractivity contribution in [2.45, 2.75) is 44.5 Å². The van der Waals surface area contributed by atoms with Crippen molar-refractivity contribution in [3.8, 4) is 5.75 Å². The smallest absolute Gasteiger partial charge is 0.170 e. The van der Waals surface area contributed by atoms with E-state index in [2.05, 4.69) is 0 Å². The van der Waals surface area contributed by atoms with Crippen LogP contribution in [0.5, 0.6) is 5.75 Å². The molecule has 0 amide bonds. The van der Waals surface area contributed by atoms with Gasteiger partial charge >= 0.3 is 0 Å². The first-order valence-corrected chi connectivity index (χ1v) is 12.5. The molecule has 0 aromatic heterocycles. The molecule has 1 aliphatic heterocycles. The number of carbonyl (C=O) groups excluding carboxylic acids is 1. The Morgan fingerprint density at radius 2 is 1.60 bits per heavy atom. The predicted molar refractivity (Wildman–Crippen MR) is 136 cm³/mol. The maximum Gasteiger partial charge on any atom is 0.170 e. The highest BCUT2D eigenvalue weighted by Gasteiger charge is 2.23. The number of Topliss-reactive ketones (excluding diaryl/α,β-unsaturated/α-hetero) is 1. The van der Waals surface area contributed by atoms with Crippen LogP contribution in [-0.2, 0) is 20.8 Å². The van der Waals surface area contributed by atoms with E-state index in [1.54, 1.807) is 0 Å². The van der Waals surface area contributed by atoms with E-state index >= 15 is 0 Å². The average molecular weight is 475 g/mol. The van der Waals surface area contributed by atoms with Gasteiger partial charge in [0.25, 0.3) is 0 Å². The molecule has 0 bridgehead atoms. The molecule has 1 fully saturated rings. The molecule has 0 aliphatic carbocycles. The second kappa shape index (κ2) is 13.8. The van der Waals surface area contributed by atoms with Gasteiger partial charge in [-0.1, -0.05) is 60.7 Å². The first-order valence-electron chi connectivity index (χ1n) is 12.5. The van der Waals surface area contributed by atoms with Gasteiger partial charge in [-0.15, -0.1) is 0 Å². The molecule has 3 aromatic rings. The Balaban J connectivity index is 1.28. The lowest BCUT2D eigenvalue weighted by Crippen LogP contribution is -2.24. The Morgan fingerprint density at radius 1 is 0.857 bits per heavy atom. The quantitative estimate of drug-likeness (QED) is 0.219. The average Bonchev–Trinajstić information content (AvgIpc) is 2.93. The number of ether oxygens (including phenoxy) is 4. The van der Waals surface area contributed by atoms with Gasteiger partial charge in [-0.3, -0.25) is 4.79 Å². The van der Waals surface area contributed by atoms with Crippen LogP contribution in [0.15, 0.2) is 84.9 Å². The van der Waals surface area contributed by atoms with Gasteiger partial charge in [-0.05, 0) is 61.1 Å². The van der Waals surface area contributed by atoms with Gasteiger partial charge in [-0.25, -0.2) is 0 Å². The standard InChI is InChI=1S/C30H34O5/c31-30(28(25-11-5-2-6-12-25)18-20-35-29-13-7-8-19-34-29)26-14-16-27(17-15-26)33-22-21-32-23-24-9-3-1-4-10-24/h1-6,9-12,14-17,28-29H,7-8,13,18-23H2. The predicted octanol–water partition coefficient (Wildman–Crippen LogP) is 6.18. The van der Waals surface area contributed by atoms with Crippen molar-refractivity contribution in [1.82, 2.24) is 0 Å². The maximum atomic E-state index is 13.4. The fourth-order valence-corrected chi connectivity index (χ4v) is 4.19. The number of ketones is 1. The molecular formula is C30H34O5. The summed E-state index contributed by atoms with van der Waals surface area (Å²) in [6.07, 6.45) is 3.59. The topological polar surface area (TPSA) is 54.0 Å². The minimum absolute atomic E-state index is 0.0853. The third-order valence-electron chi connectivity index (χ3n) is 6.11. The first kappa shape index (κ1) is 25.1. The zero-order chi connectivity index (χ0) is 24.1. The van der Waals surface area contributed by atoms with E-state index in [0.717, 1.165) is 42.7 Å². The number of hydrogen-bond donors (Lipinski definition) is 0. The zero-order valence-corrected chi connectivity index (χ0v) is 20.1. The zero-order valence-electron chi connectivity index (χ0n) is 20.1. The molecular weight excluding hydrogens is 440 g/mol. The van der Waals surface area contributed by atoms with Crippen molar-refractivity contribution in [2.24, 2.45) is 0 Å². The van der Waals surface area contributed by atoms with E-state index in [4.69, 9.17) is 18.9 Å². The Morgan fingerprint density at radius 3 is 2.31 bits per heavy atom. The van der Waals surface area contributed by atoms with Crippen molar-refractivity contribution < 1.29 is 23.7 Å². The molecule has 0 N–H and O–H groups in total. The van der Waals surface area contributed by atoms with Gasteiger partial charge in [0.2, 0.25) is 0 Å². The molecule has 5 heteroatoms. The van der Waals surface area contributed by atoms with E-state index in [0.29, 0.717) is 38.4 Å². The summed E-state index contributed by atoms with van der Waals surface area (Å²) >= 11 is 0. The lowest BCUT2D eigenvalue weighted by atomic mass is 9.88. The largest absolute Gasteiger partial charge is 0.491 e. The number of benzene rings is 3. The van der Waals surface area contributed by atoms with E-state index in [1.807, 2.05) is 84.9 Å². The molecule has 4 rings (SSSR count). The SMILES string of the molecule is O=C(c1ccc(OCCOCc2ccccc2)cc1)C(CCOC1CCCCO1)c1ccccc1. The van der Waals surface area contributed by atoms with Gasteiger partial charge in [-0.2, -0.15) is 0 Å². The Hall–Kier alpha value is -2.99. The Bertz CT molecular complexity index is 998. The van der Waals surface area contributed by atoms with E-state index in [-0.39, 0.29) is 18.0 Å². The molecule has 5 nitrogen and oxygen atoms in total. The van der Waals surface area contributed by atoms with Crippen LogP contribution in [-0.4, -0.2) is 38.5 Å². The summed E-state index contributed by atoms with van der Waals surface area (Å²) in [6.45, 7) is 2.75. The number of carbonyl (C=O) groups is 1. The summed E-state index contributed by atoms with van der Waals surface area (Å²) in [4.78, 5) is 13.4. The molecule has 2 atom stereocenters. The van der Waals surface area contributed by atoms with Crippen LogP contribution in [0.4, 0.5) is 0 Å². The van der Waals surface area contributed by atoms with Crippen molar-refractivity contribution in [2.75, 3.05) is 26.4 Å². The van der Waals surface area contributed by atoms with Crippen LogP contribution in [0.3, 0.4) is 0 Å². The van der Waals surface area contributed by atoms with Crippen molar-refractivity contribution in [3.63, 3.8) is 0 Å². The first-order chi connectivity index (χ1) is 17.3. The highest BCUT2D eigenvalue weighted by atomic mass is 16.7. The molecule has 0 radical (unpaired) electrons. The van der Waals surface area contributed by atoms with Crippen LogP contribution < -0.4 is 4.74 Å². The molecule has 0 saturated carbocycles. The molecule has 35 heavy (non-hydrogen) atoms. The van der Waals surface area contributed by atoms with Gasteiger partial charge in [0.1, 0.15) is 12.4 Å². The lowest BCUT2D eigenvalue weighted by Gasteiger charge is -2.24. The highest BCUT2D eigenvalue weighted by Crippen LogP contribution is 2.26. The Kier molecular flexibility index (Phi) is 9.89. The second-order valence-corrected chi connectivity index (χ2v) is 8.69. The monoisotopic (exact) mass is 474 g/mol. The normalized spacial score (nSPS) is 16.5. The summed E-state index contributed by atoms with van der Waals surface area (Å²) in [6, 6.07) is 27.3. The highest BCUT2D eigenvalue weighted by molar-refractivity contribution is 6.01. The fourth-order valence-electron chi connectivity index (χ4n) is 4.19. The van der Waals surface area contributed by atoms with Gasteiger partial charge in [0.05, 0.1) is 19.8 Å². The molecule has 3 aromatic carbocycles. The summed E-state index contributed by atoms with van der Waals surface area (Å²) in [5.41, 5.74) is 2.81. The van der Waals surface area contributed by atoms with Crippen LogP contribution >= 0.6 is 0 Å². The van der Waals surface area contributed by atoms with Gasteiger partial charge in [0.15, 0.2) is 12.1 Å². The Labute approximate surface area is 208 Å². The molecule has 1 aliphatic rings. The molecule has 2 unspecified atom stereocenters. The number of rotatable bonds is 13. The van der Waals surface area contributed by atoms with E-state index in [9.17, 15) is 4.79 Å². The van der Waals surface area contributed by atoms with Crippen LogP contribution in [0, 0.1) is 0 Å². The third-order valence-corrected chi connectivity index (χ3v) is 6.11.